The highest BCUT2D eigenvalue weighted by Gasteiger charge is 2.47. The van der Waals surface area contributed by atoms with E-state index in [0.717, 1.165) is 24.0 Å². The lowest BCUT2D eigenvalue weighted by Crippen LogP contribution is -2.50. The number of aryl methyl sites for hydroxylation is 1. The van der Waals surface area contributed by atoms with Crippen LogP contribution in [0.3, 0.4) is 0 Å². The molecule has 2 atom stereocenters. The monoisotopic (exact) mass is 435 g/mol. The number of aromatic nitrogens is 3. The summed E-state index contributed by atoms with van der Waals surface area (Å²) in [5.41, 5.74) is 2.57. The fourth-order valence-corrected chi connectivity index (χ4v) is 4.50. The van der Waals surface area contributed by atoms with Crippen molar-refractivity contribution in [3.63, 3.8) is 0 Å². The molecular formula is C23H22FN5O3. The average Bonchev–Trinajstić information content (AvgIpc) is 3.13. The van der Waals surface area contributed by atoms with E-state index in [9.17, 15) is 14.3 Å². The highest BCUT2D eigenvalue weighted by atomic mass is 19.1. The molecule has 8 nitrogen and oxygen atoms in total. The summed E-state index contributed by atoms with van der Waals surface area (Å²) in [5.74, 6) is -0.0119. The molecule has 4 heterocycles. The first-order valence-electron chi connectivity index (χ1n) is 10.3. The molecule has 0 radical (unpaired) electrons. The third kappa shape index (κ3) is 3.30. The minimum Gasteiger partial charge on any atom is -0.504 e. The molecule has 2 N–H and O–H groups in total. The Morgan fingerprint density at radius 3 is 2.97 bits per heavy atom. The Kier molecular flexibility index (Phi) is 4.69. The van der Waals surface area contributed by atoms with Crippen LogP contribution in [0.2, 0.25) is 0 Å². The SMILES string of the molecule is Cc1cc(C=O)cnc1O[C@H]1CN2c3cc(-c4cccc(F)c4O)nnc3NC[C@]2(C)C1. The second kappa shape index (κ2) is 7.44. The number of aromatic hydroxyl groups is 1. The summed E-state index contributed by atoms with van der Waals surface area (Å²) in [5, 5.41) is 21.9. The quantitative estimate of drug-likeness (QED) is 0.602. The number of carbonyl (C=O) groups excluding carboxylic acids is 1. The highest BCUT2D eigenvalue weighted by Crippen LogP contribution is 2.43. The average molecular weight is 435 g/mol. The summed E-state index contributed by atoms with van der Waals surface area (Å²) in [4.78, 5) is 17.5. The highest BCUT2D eigenvalue weighted by molar-refractivity contribution is 5.77. The Morgan fingerprint density at radius 1 is 1.34 bits per heavy atom. The van der Waals surface area contributed by atoms with Crippen LogP contribution in [0, 0.1) is 12.7 Å². The van der Waals surface area contributed by atoms with Gasteiger partial charge in [0.25, 0.3) is 0 Å². The Balaban J connectivity index is 1.45. The number of rotatable bonds is 4. The number of nitrogens with zero attached hydrogens (tertiary/aromatic N) is 4. The summed E-state index contributed by atoms with van der Waals surface area (Å²) in [6, 6.07) is 7.90. The minimum absolute atomic E-state index is 0.125. The molecule has 5 rings (SSSR count). The van der Waals surface area contributed by atoms with E-state index in [4.69, 9.17) is 4.74 Å². The molecule has 32 heavy (non-hydrogen) atoms. The number of benzene rings is 1. The Hall–Kier alpha value is -3.75. The molecule has 164 valence electrons. The third-order valence-corrected chi connectivity index (χ3v) is 6.14. The van der Waals surface area contributed by atoms with Gasteiger partial charge in [0.1, 0.15) is 6.10 Å². The van der Waals surface area contributed by atoms with Crippen molar-refractivity contribution in [3.05, 3.63) is 53.5 Å². The molecule has 1 aromatic carbocycles. The van der Waals surface area contributed by atoms with Crippen molar-refractivity contribution >= 4 is 17.8 Å². The van der Waals surface area contributed by atoms with Gasteiger partial charge in [0, 0.05) is 35.9 Å². The standard InChI is InChI=1S/C23H22FN5O3/c1-13-6-14(11-30)9-25-22(13)32-15-8-23(2)12-26-21-19(29(23)10-15)7-18(27-28-21)16-4-3-5-17(24)20(16)31/h3-7,9,11,15,31H,8,10,12H2,1-2H3,(H,26,28)/t15-,23+/m1/s1. The number of carbonyl (C=O) groups is 1. The van der Waals surface area contributed by atoms with E-state index in [1.165, 1.54) is 18.3 Å². The van der Waals surface area contributed by atoms with Crippen molar-refractivity contribution < 1.29 is 19.0 Å². The van der Waals surface area contributed by atoms with Gasteiger partial charge >= 0.3 is 0 Å². The second-order valence-electron chi connectivity index (χ2n) is 8.51. The number of anilines is 2. The molecule has 0 bridgehead atoms. The van der Waals surface area contributed by atoms with E-state index < -0.39 is 11.6 Å². The van der Waals surface area contributed by atoms with Crippen LogP contribution in [0.5, 0.6) is 11.6 Å². The van der Waals surface area contributed by atoms with Crippen LogP contribution in [0.25, 0.3) is 11.3 Å². The zero-order valence-electron chi connectivity index (χ0n) is 17.7. The third-order valence-electron chi connectivity index (χ3n) is 6.14. The van der Waals surface area contributed by atoms with E-state index in [1.54, 1.807) is 12.1 Å². The molecule has 0 spiro atoms. The van der Waals surface area contributed by atoms with Crippen LogP contribution in [0.1, 0.15) is 29.3 Å². The molecule has 2 aromatic heterocycles. The van der Waals surface area contributed by atoms with Gasteiger partial charge in [-0.2, -0.15) is 0 Å². The lowest BCUT2D eigenvalue weighted by molar-refractivity contribution is 0.112. The van der Waals surface area contributed by atoms with Crippen LogP contribution < -0.4 is 15.0 Å². The predicted octanol–water partition coefficient (Wildman–Crippen LogP) is 3.35. The Morgan fingerprint density at radius 2 is 2.19 bits per heavy atom. The number of hydrogen-bond acceptors (Lipinski definition) is 8. The Labute approximate surface area is 184 Å². The van der Waals surface area contributed by atoms with E-state index in [-0.39, 0.29) is 17.2 Å². The first kappa shape index (κ1) is 20.2. The number of aldehydes is 1. The number of phenolic OH excluding ortho intramolecular Hbond substituents is 1. The summed E-state index contributed by atoms with van der Waals surface area (Å²) in [6.45, 7) is 5.27. The van der Waals surface area contributed by atoms with Crippen LogP contribution in [-0.4, -0.2) is 51.3 Å². The van der Waals surface area contributed by atoms with Crippen molar-refractivity contribution in [1.29, 1.82) is 0 Å². The summed E-state index contributed by atoms with van der Waals surface area (Å²) < 4.78 is 20.1. The fraction of sp³-hybridized carbons (Fsp3) is 0.304. The normalized spacial score (nSPS) is 21.5. The number of ether oxygens (including phenoxy) is 1. The van der Waals surface area contributed by atoms with E-state index in [2.05, 4.69) is 32.3 Å². The largest absolute Gasteiger partial charge is 0.504 e. The summed E-state index contributed by atoms with van der Waals surface area (Å²) in [7, 11) is 0. The maximum atomic E-state index is 13.9. The van der Waals surface area contributed by atoms with Crippen molar-refractivity contribution in [2.45, 2.75) is 31.9 Å². The van der Waals surface area contributed by atoms with Gasteiger partial charge in [-0.25, -0.2) is 9.37 Å². The van der Waals surface area contributed by atoms with Gasteiger partial charge in [0.2, 0.25) is 5.88 Å². The molecule has 0 unspecified atom stereocenters. The zero-order chi connectivity index (χ0) is 22.5. The van der Waals surface area contributed by atoms with Gasteiger partial charge in [-0.3, -0.25) is 4.79 Å². The van der Waals surface area contributed by atoms with Crippen molar-refractivity contribution in [2.75, 3.05) is 23.3 Å². The molecule has 2 aliphatic rings. The van der Waals surface area contributed by atoms with Crippen LogP contribution in [0.4, 0.5) is 15.9 Å². The minimum atomic E-state index is -0.705. The number of fused-ring (bicyclic) bond motifs is 3. The molecule has 0 saturated carbocycles. The number of pyridine rings is 1. The number of halogens is 1. The number of para-hydroxylation sites is 1. The molecular weight excluding hydrogens is 413 g/mol. The number of phenols is 1. The lowest BCUT2D eigenvalue weighted by atomic mass is 9.95. The van der Waals surface area contributed by atoms with E-state index in [1.807, 2.05) is 13.0 Å². The molecule has 1 fully saturated rings. The first-order chi connectivity index (χ1) is 15.4. The molecule has 1 saturated heterocycles. The van der Waals surface area contributed by atoms with Crippen LogP contribution in [0.15, 0.2) is 36.5 Å². The van der Waals surface area contributed by atoms with Gasteiger partial charge in [-0.1, -0.05) is 6.07 Å². The van der Waals surface area contributed by atoms with Crippen molar-refractivity contribution in [2.24, 2.45) is 0 Å². The molecule has 9 heteroatoms. The van der Waals surface area contributed by atoms with Gasteiger partial charge in [-0.15, -0.1) is 10.2 Å². The maximum Gasteiger partial charge on any atom is 0.216 e. The topological polar surface area (TPSA) is 100 Å². The van der Waals surface area contributed by atoms with Crippen LogP contribution >= 0.6 is 0 Å². The fourth-order valence-electron chi connectivity index (χ4n) is 4.50. The molecule has 3 aromatic rings. The van der Waals surface area contributed by atoms with Gasteiger partial charge in [-0.05, 0) is 38.1 Å². The smallest absolute Gasteiger partial charge is 0.216 e. The maximum absolute atomic E-state index is 13.9. The number of nitrogens with one attached hydrogen (secondary N) is 1. The second-order valence-corrected chi connectivity index (χ2v) is 8.51. The van der Waals surface area contributed by atoms with E-state index in [0.29, 0.717) is 36.0 Å². The first-order valence-corrected chi connectivity index (χ1v) is 10.3. The van der Waals surface area contributed by atoms with Gasteiger partial charge < -0.3 is 20.1 Å². The molecule has 0 aliphatic carbocycles. The van der Waals surface area contributed by atoms with Crippen molar-refractivity contribution in [1.82, 2.24) is 15.2 Å². The Bertz CT molecular complexity index is 1220. The van der Waals surface area contributed by atoms with Crippen LogP contribution in [-0.2, 0) is 0 Å². The summed E-state index contributed by atoms with van der Waals surface area (Å²) in [6.07, 6.45) is 2.89. The predicted molar refractivity (Wildman–Crippen MR) is 117 cm³/mol. The molecule has 0 amide bonds. The zero-order valence-corrected chi connectivity index (χ0v) is 17.7. The van der Waals surface area contributed by atoms with E-state index >= 15 is 0 Å². The molecule has 2 aliphatic heterocycles. The van der Waals surface area contributed by atoms with Gasteiger partial charge in [0.05, 0.1) is 23.5 Å². The number of hydrogen-bond donors (Lipinski definition) is 2. The lowest BCUT2D eigenvalue weighted by Gasteiger charge is -2.41. The van der Waals surface area contributed by atoms with Crippen molar-refractivity contribution in [3.8, 4) is 22.9 Å². The van der Waals surface area contributed by atoms with Gasteiger partial charge in [0.15, 0.2) is 23.7 Å². The summed E-state index contributed by atoms with van der Waals surface area (Å²) >= 11 is 0.